The minimum absolute atomic E-state index is 0.0711. The van der Waals surface area contributed by atoms with Crippen LogP contribution in [-0.2, 0) is 11.2 Å². The molecular weight excluding hydrogens is 224 g/mol. The van der Waals surface area contributed by atoms with E-state index in [-0.39, 0.29) is 11.8 Å². The maximum absolute atomic E-state index is 11.6. The van der Waals surface area contributed by atoms with Gasteiger partial charge in [-0.25, -0.2) is 0 Å². The molecule has 1 unspecified atom stereocenters. The molecule has 3 heteroatoms. The molecule has 18 heavy (non-hydrogen) atoms. The molecule has 0 radical (unpaired) electrons. The van der Waals surface area contributed by atoms with Crippen LogP contribution in [-0.4, -0.2) is 13.0 Å². The van der Waals surface area contributed by atoms with Crippen molar-refractivity contribution in [1.29, 1.82) is 5.26 Å². The Hall–Kier alpha value is -1.82. The fraction of sp³-hybridized carbons (Fsp3) is 0.467. The van der Waals surface area contributed by atoms with E-state index in [1.54, 1.807) is 4.90 Å². The first-order valence-corrected chi connectivity index (χ1v) is 6.33. The smallest absolute Gasteiger partial charge is 0.227 e. The van der Waals surface area contributed by atoms with Crippen LogP contribution in [0.15, 0.2) is 18.2 Å². The van der Waals surface area contributed by atoms with Crippen LogP contribution in [0.5, 0.6) is 0 Å². The number of benzene rings is 1. The Bertz CT molecular complexity index is 514. The molecule has 1 aliphatic heterocycles. The van der Waals surface area contributed by atoms with Crippen LogP contribution in [0.2, 0.25) is 0 Å². The van der Waals surface area contributed by atoms with Crippen LogP contribution in [0.25, 0.3) is 0 Å². The van der Waals surface area contributed by atoms with Gasteiger partial charge in [0.2, 0.25) is 5.91 Å². The number of aryl methyl sites for hydroxylation is 1. The third-order valence-electron chi connectivity index (χ3n) is 3.61. The van der Waals surface area contributed by atoms with E-state index in [1.165, 1.54) is 5.56 Å². The molecule has 0 saturated carbocycles. The quantitative estimate of drug-likeness (QED) is 0.800. The van der Waals surface area contributed by atoms with Crippen LogP contribution >= 0.6 is 0 Å². The molecule has 2 rings (SSSR count). The summed E-state index contributed by atoms with van der Waals surface area (Å²) < 4.78 is 0. The molecule has 0 bridgehead atoms. The van der Waals surface area contributed by atoms with Crippen LogP contribution in [0.3, 0.4) is 0 Å². The number of anilines is 1. The van der Waals surface area contributed by atoms with Gasteiger partial charge < -0.3 is 4.90 Å². The highest BCUT2D eigenvalue weighted by Gasteiger charge is 2.23. The summed E-state index contributed by atoms with van der Waals surface area (Å²) in [5, 5.41) is 9.23. The summed E-state index contributed by atoms with van der Waals surface area (Å²) in [7, 11) is 1.81. The third kappa shape index (κ3) is 2.11. The second kappa shape index (κ2) is 4.81. The van der Waals surface area contributed by atoms with Crippen LogP contribution in [0, 0.1) is 17.2 Å². The van der Waals surface area contributed by atoms with Crippen molar-refractivity contribution in [3.05, 3.63) is 29.3 Å². The van der Waals surface area contributed by atoms with Crippen molar-refractivity contribution in [2.45, 2.75) is 32.6 Å². The average molecular weight is 242 g/mol. The van der Waals surface area contributed by atoms with Crippen LogP contribution < -0.4 is 4.90 Å². The second-order valence-corrected chi connectivity index (χ2v) is 5.19. The number of carbonyl (C=O) groups excluding carboxylic acids is 1. The van der Waals surface area contributed by atoms with E-state index in [0.29, 0.717) is 12.3 Å². The van der Waals surface area contributed by atoms with E-state index in [1.807, 2.05) is 19.2 Å². The monoisotopic (exact) mass is 242 g/mol. The van der Waals surface area contributed by atoms with Crippen molar-refractivity contribution in [1.82, 2.24) is 0 Å². The van der Waals surface area contributed by atoms with Gasteiger partial charge in [0.1, 0.15) is 0 Å². The number of rotatable bonds is 2. The summed E-state index contributed by atoms with van der Waals surface area (Å²) in [5.74, 6) is 0.394. The number of hydrogen-bond acceptors (Lipinski definition) is 2. The molecule has 1 amide bonds. The van der Waals surface area contributed by atoms with Crippen molar-refractivity contribution in [3.8, 4) is 6.07 Å². The summed E-state index contributed by atoms with van der Waals surface area (Å²) in [6, 6.07) is 8.39. The highest BCUT2D eigenvalue weighted by molar-refractivity contribution is 5.95. The van der Waals surface area contributed by atoms with E-state index >= 15 is 0 Å². The van der Waals surface area contributed by atoms with E-state index in [0.717, 1.165) is 17.7 Å². The molecule has 0 N–H and O–H groups in total. The standard InChI is InChI=1S/C15H18N2O/c1-10(2)13(9-16)11-4-6-14-12(8-11)5-7-15(18)17(14)3/h4,6,8,10,13H,5,7H2,1-3H3. The Morgan fingerprint density at radius 1 is 1.33 bits per heavy atom. The molecule has 94 valence electrons. The Morgan fingerprint density at radius 2 is 2.06 bits per heavy atom. The van der Waals surface area contributed by atoms with E-state index in [2.05, 4.69) is 26.0 Å². The highest BCUT2D eigenvalue weighted by atomic mass is 16.2. The molecule has 0 aromatic heterocycles. The topological polar surface area (TPSA) is 44.1 Å². The lowest BCUT2D eigenvalue weighted by atomic mass is 9.87. The Balaban J connectivity index is 2.40. The lowest BCUT2D eigenvalue weighted by Gasteiger charge is -2.27. The number of amides is 1. The Labute approximate surface area is 108 Å². The zero-order valence-corrected chi connectivity index (χ0v) is 11.1. The number of hydrogen-bond donors (Lipinski definition) is 0. The summed E-state index contributed by atoms with van der Waals surface area (Å²) in [5.41, 5.74) is 3.22. The van der Waals surface area contributed by atoms with Crippen LogP contribution in [0.4, 0.5) is 5.69 Å². The van der Waals surface area contributed by atoms with Gasteiger partial charge in [-0.2, -0.15) is 5.26 Å². The van der Waals surface area contributed by atoms with E-state index in [4.69, 9.17) is 0 Å². The molecular formula is C15H18N2O. The first-order chi connectivity index (χ1) is 8.54. The van der Waals surface area contributed by atoms with Gasteiger partial charge in [-0.05, 0) is 29.5 Å². The largest absolute Gasteiger partial charge is 0.315 e. The minimum atomic E-state index is -0.0711. The summed E-state index contributed by atoms with van der Waals surface area (Å²) in [4.78, 5) is 13.3. The highest BCUT2D eigenvalue weighted by Crippen LogP contribution is 2.32. The summed E-state index contributed by atoms with van der Waals surface area (Å²) in [6.07, 6.45) is 1.34. The number of nitriles is 1. The fourth-order valence-corrected chi connectivity index (χ4v) is 2.48. The van der Waals surface area contributed by atoms with Gasteiger partial charge in [0.15, 0.2) is 0 Å². The molecule has 3 nitrogen and oxygen atoms in total. The van der Waals surface area contributed by atoms with Crippen molar-refractivity contribution in [2.24, 2.45) is 5.92 Å². The molecule has 1 aliphatic rings. The van der Waals surface area contributed by atoms with Gasteiger partial charge >= 0.3 is 0 Å². The van der Waals surface area contributed by atoms with Gasteiger partial charge in [0.25, 0.3) is 0 Å². The van der Waals surface area contributed by atoms with Gasteiger partial charge in [-0.3, -0.25) is 4.79 Å². The predicted octanol–water partition coefficient (Wildman–Crippen LogP) is 2.86. The Kier molecular flexibility index (Phi) is 3.38. The van der Waals surface area contributed by atoms with Crippen molar-refractivity contribution in [3.63, 3.8) is 0 Å². The molecule has 0 saturated heterocycles. The normalized spacial score (nSPS) is 16.4. The average Bonchev–Trinajstić information content (AvgIpc) is 2.34. The van der Waals surface area contributed by atoms with Gasteiger partial charge in [-0.1, -0.05) is 26.0 Å². The van der Waals surface area contributed by atoms with Crippen molar-refractivity contribution in [2.75, 3.05) is 11.9 Å². The lowest BCUT2D eigenvalue weighted by molar-refractivity contribution is -0.118. The first-order valence-electron chi connectivity index (χ1n) is 6.33. The lowest BCUT2D eigenvalue weighted by Crippen LogP contribution is -2.31. The summed E-state index contributed by atoms with van der Waals surface area (Å²) in [6.45, 7) is 4.12. The SMILES string of the molecule is CC(C)C(C#N)c1ccc2c(c1)CCC(=O)N2C. The molecule has 0 spiro atoms. The van der Waals surface area contributed by atoms with E-state index in [9.17, 15) is 10.1 Å². The van der Waals surface area contributed by atoms with Crippen LogP contribution in [0.1, 0.15) is 37.3 Å². The van der Waals surface area contributed by atoms with Gasteiger partial charge in [-0.15, -0.1) is 0 Å². The van der Waals surface area contributed by atoms with Crippen molar-refractivity contribution < 1.29 is 4.79 Å². The Morgan fingerprint density at radius 3 is 2.67 bits per heavy atom. The van der Waals surface area contributed by atoms with Gasteiger partial charge in [0.05, 0.1) is 12.0 Å². The molecule has 0 fully saturated rings. The van der Waals surface area contributed by atoms with Crippen molar-refractivity contribution >= 4 is 11.6 Å². The molecule has 1 heterocycles. The number of fused-ring (bicyclic) bond motifs is 1. The zero-order chi connectivity index (χ0) is 13.3. The second-order valence-electron chi connectivity index (χ2n) is 5.19. The summed E-state index contributed by atoms with van der Waals surface area (Å²) >= 11 is 0. The zero-order valence-electron chi connectivity index (χ0n) is 11.1. The fourth-order valence-electron chi connectivity index (χ4n) is 2.48. The molecule has 1 atom stereocenters. The third-order valence-corrected chi connectivity index (χ3v) is 3.61. The van der Waals surface area contributed by atoms with Gasteiger partial charge in [0, 0.05) is 19.2 Å². The maximum Gasteiger partial charge on any atom is 0.227 e. The van der Waals surface area contributed by atoms with E-state index < -0.39 is 0 Å². The number of nitrogens with zero attached hydrogens (tertiary/aromatic N) is 2. The minimum Gasteiger partial charge on any atom is -0.315 e. The predicted molar refractivity (Wildman–Crippen MR) is 71.4 cm³/mol. The first kappa shape index (κ1) is 12.6. The molecule has 1 aromatic rings. The maximum atomic E-state index is 11.6. The molecule has 1 aromatic carbocycles. The molecule has 0 aliphatic carbocycles. The number of carbonyl (C=O) groups is 1.